The highest BCUT2D eigenvalue weighted by atomic mass is 15.0. The minimum Gasteiger partial charge on any atom is -0.313 e. The molecule has 10 heavy (non-hydrogen) atoms. The molecule has 4 unspecified atom stereocenters. The van der Waals surface area contributed by atoms with Crippen molar-refractivity contribution >= 4 is 0 Å². The molecular weight excluding hydrogens is 122 g/mol. The smallest absolute Gasteiger partial charge is 0.0126 e. The summed E-state index contributed by atoms with van der Waals surface area (Å²) in [5, 5.41) is 3.67. The lowest BCUT2D eigenvalue weighted by atomic mass is 9.90. The maximum atomic E-state index is 3.67. The topological polar surface area (TPSA) is 12.0 Å². The first-order valence-electron chi connectivity index (χ1n) is 4.68. The summed E-state index contributed by atoms with van der Waals surface area (Å²) in [5.41, 5.74) is 0. The van der Waals surface area contributed by atoms with Crippen molar-refractivity contribution < 1.29 is 0 Å². The Balaban J connectivity index is 1.80. The molecular formula is C9H15N. The molecule has 0 aromatic heterocycles. The van der Waals surface area contributed by atoms with Gasteiger partial charge in [-0.3, -0.25) is 0 Å². The summed E-state index contributed by atoms with van der Waals surface area (Å²) in [7, 11) is 0. The van der Waals surface area contributed by atoms with Crippen LogP contribution in [0.5, 0.6) is 0 Å². The van der Waals surface area contributed by atoms with Crippen LogP contribution in [-0.2, 0) is 0 Å². The van der Waals surface area contributed by atoms with Crippen LogP contribution in [0.4, 0.5) is 0 Å². The first kappa shape index (κ1) is 5.59. The average Bonchev–Trinajstić information content (AvgIpc) is 2.64. The molecule has 0 spiro atoms. The molecule has 2 aliphatic carbocycles. The quantitative estimate of drug-likeness (QED) is 0.532. The molecule has 1 N–H and O–H groups in total. The van der Waals surface area contributed by atoms with E-state index in [0.717, 1.165) is 23.8 Å². The molecule has 56 valence electrons. The zero-order chi connectivity index (χ0) is 6.55. The zero-order valence-electron chi connectivity index (χ0n) is 6.34. The predicted molar refractivity (Wildman–Crippen MR) is 40.7 cm³/mol. The van der Waals surface area contributed by atoms with E-state index in [1.165, 1.54) is 19.4 Å². The molecule has 1 heterocycles. The molecule has 3 aliphatic rings. The molecule has 0 aromatic carbocycles. The molecule has 0 radical (unpaired) electrons. The molecule has 1 heteroatoms. The maximum absolute atomic E-state index is 3.67. The normalized spacial score (nSPS) is 57.6. The molecule has 2 saturated carbocycles. The molecule has 0 amide bonds. The summed E-state index contributed by atoms with van der Waals surface area (Å²) in [5.74, 6) is 3.35. The predicted octanol–water partition coefficient (Wildman–Crippen LogP) is 1.39. The zero-order valence-corrected chi connectivity index (χ0v) is 6.34. The van der Waals surface area contributed by atoms with E-state index in [-0.39, 0.29) is 0 Å². The van der Waals surface area contributed by atoms with Gasteiger partial charge in [0.25, 0.3) is 0 Å². The van der Waals surface area contributed by atoms with E-state index in [4.69, 9.17) is 0 Å². The van der Waals surface area contributed by atoms with Crippen molar-refractivity contribution in [2.75, 3.05) is 6.54 Å². The van der Waals surface area contributed by atoms with Gasteiger partial charge in [-0.15, -0.1) is 0 Å². The molecule has 1 aliphatic heterocycles. The third-order valence-electron chi connectivity index (χ3n) is 3.68. The van der Waals surface area contributed by atoms with Crippen LogP contribution in [0.25, 0.3) is 0 Å². The largest absolute Gasteiger partial charge is 0.313 e. The summed E-state index contributed by atoms with van der Waals surface area (Å²) in [6.45, 7) is 1.30. The Bertz CT molecular complexity index is 155. The van der Waals surface area contributed by atoms with Crippen LogP contribution in [0.2, 0.25) is 0 Å². The summed E-state index contributed by atoms with van der Waals surface area (Å²) in [6, 6.07) is 0.957. The molecule has 3 fully saturated rings. The molecule has 3 rings (SSSR count). The van der Waals surface area contributed by atoms with E-state index in [1.54, 1.807) is 12.8 Å². The van der Waals surface area contributed by atoms with E-state index in [0.29, 0.717) is 0 Å². The highest BCUT2D eigenvalue weighted by molar-refractivity contribution is 5.06. The highest BCUT2D eigenvalue weighted by Crippen LogP contribution is 2.56. The second-order valence-corrected chi connectivity index (χ2v) is 4.28. The van der Waals surface area contributed by atoms with Crippen LogP contribution < -0.4 is 5.32 Å². The van der Waals surface area contributed by atoms with Gasteiger partial charge in [0, 0.05) is 6.04 Å². The summed E-state index contributed by atoms with van der Waals surface area (Å²) in [6.07, 6.45) is 6.06. The van der Waals surface area contributed by atoms with E-state index in [9.17, 15) is 0 Å². The van der Waals surface area contributed by atoms with Gasteiger partial charge in [-0.1, -0.05) is 0 Å². The van der Waals surface area contributed by atoms with Crippen molar-refractivity contribution in [1.82, 2.24) is 5.32 Å². The number of hydrogen-bond acceptors (Lipinski definition) is 1. The van der Waals surface area contributed by atoms with Crippen molar-refractivity contribution in [2.24, 2.45) is 17.8 Å². The van der Waals surface area contributed by atoms with E-state index in [1.807, 2.05) is 0 Å². The Kier molecular flexibility index (Phi) is 0.984. The number of piperidine rings is 1. The second kappa shape index (κ2) is 1.76. The SMILES string of the molecule is C1CNC2C(C1)CC1CC12. The van der Waals surface area contributed by atoms with Gasteiger partial charge in [0.15, 0.2) is 0 Å². The van der Waals surface area contributed by atoms with Gasteiger partial charge < -0.3 is 5.32 Å². The lowest BCUT2D eigenvalue weighted by molar-refractivity contribution is 0.284. The number of hydrogen-bond donors (Lipinski definition) is 1. The van der Waals surface area contributed by atoms with Crippen LogP contribution in [0.1, 0.15) is 25.7 Å². The van der Waals surface area contributed by atoms with Crippen LogP contribution in [-0.4, -0.2) is 12.6 Å². The van der Waals surface area contributed by atoms with Gasteiger partial charge >= 0.3 is 0 Å². The Morgan fingerprint density at radius 1 is 1.10 bits per heavy atom. The van der Waals surface area contributed by atoms with Crippen molar-refractivity contribution in [3.05, 3.63) is 0 Å². The van der Waals surface area contributed by atoms with Gasteiger partial charge in [-0.25, -0.2) is 0 Å². The van der Waals surface area contributed by atoms with Gasteiger partial charge in [0.05, 0.1) is 0 Å². The fourth-order valence-corrected chi connectivity index (χ4v) is 3.12. The molecule has 4 atom stereocenters. The summed E-state index contributed by atoms with van der Waals surface area (Å²) >= 11 is 0. The Labute approximate surface area is 62.2 Å². The minimum atomic E-state index is 0.957. The van der Waals surface area contributed by atoms with Crippen molar-refractivity contribution in [3.8, 4) is 0 Å². The molecule has 0 aromatic rings. The fraction of sp³-hybridized carbons (Fsp3) is 1.00. The van der Waals surface area contributed by atoms with E-state index >= 15 is 0 Å². The molecule has 1 nitrogen and oxygen atoms in total. The Morgan fingerprint density at radius 2 is 2.10 bits per heavy atom. The van der Waals surface area contributed by atoms with Gasteiger partial charge in [-0.05, 0) is 50.0 Å². The van der Waals surface area contributed by atoms with E-state index in [2.05, 4.69) is 5.32 Å². The van der Waals surface area contributed by atoms with Crippen LogP contribution >= 0.6 is 0 Å². The Morgan fingerprint density at radius 3 is 3.00 bits per heavy atom. The van der Waals surface area contributed by atoms with Crippen LogP contribution in [0.3, 0.4) is 0 Å². The monoisotopic (exact) mass is 137 g/mol. The first-order chi connectivity index (χ1) is 4.95. The lowest BCUT2D eigenvalue weighted by Crippen LogP contribution is -2.40. The Hall–Kier alpha value is -0.0400. The number of fused-ring (bicyclic) bond motifs is 3. The number of rotatable bonds is 0. The second-order valence-electron chi connectivity index (χ2n) is 4.28. The maximum Gasteiger partial charge on any atom is 0.0126 e. The van der Waals surface area contributed by atoms with Crippen molar-refractivity contribution in [3.63, 3.8) is 0 Å². The molecule has 0 bridgehead atoms. The van der Waals surface area contributed by atoms with Gasteiger partial charge in [-0.2, -0.15) is 0 Å². The third kappa shape index (κ3) is 0.619. The van der Waals surface area contributed by atoms with Gasteiger partial charge in [0.2, 0.25) is 0 Å². The average molecular weight is 137 g/mol. The van der Waals surface area contributed by atoms with E-state index < -0.39 is 0 Å². The van der Waals surface area contributed by atoms with Crippen molar-refractivity contribution in [1.29, 1.82) is 0 Å². The lowest BCUT2D eigenvalue weighted by Gasteiger charge is -2.28. The van der Waals surface area contributed by atoms with Crippen LogP contribution in [0, 0.1) is 17.8 Å². The van der Waals surface area contributed by atoms with Crippen molar-refractivity contribution in [2.45, 2.75) is 31.7 Å². The number of nitrogens with one attached hydrogen (secondary N) is 1. The standard InChI is InChI=1S/C9H15N/c1-2-6-4-7-5-8(7)9(6)10-3-1/h6-10H,1-5H2. The first-order valence-corrected chi connectivity index (χ1v) is 4.68. The van der Waals surface area contributed by atoms with Crippen LogP contribution in [0.15, 0.2) is 0 Å². The fourth-order valence-electron chi connectivity index (χ4n) is 3.12. The summed E-state index contributed by atoms with van der Waals surface area (Å²) < 4.78 is 0. The molecule has 1 saturated heterocycles. The third-order valence-corrected chi connectivity index (χ3v) is 3.68. The minimum absolute atomic E-state index is 0.957. The van der Waals surface area contributed by atoms with Gasteiger partial charge in [0.1, 0.15) is 0 Å². The highest BCUT2D eigenvalue weighted by Gasteiger charge is 2.53. The summed E-state index contributed by atoms with van der Waals surface area (Å²) in [4.78, 5) is 0.